The molecule has 0 spiro atoms. The first-order valence-electron chi connectivity index (χ1n) is 8.85. The summed E-state index contributed by atoms with van der Waals surface area (Å²) < 4.78 is 23.9. The molecule has 1 aromatic rings. The Morgan fingerprint density at radius 2 is 1.89 bits per heavy atom. The van der Waals surface area contributed by atoms with Crippen molar-refractivity contribution in [1.82, 2.24) is 0 Å². The maximum absolute atomic E-state index is 13.2. The lowest BCUT2D eigenvalue weighted by Gasteiger charge is -2.36. The van der Waals surface area contributed by atoms with Gasteiger partial charge in [0.25, 0.3) is 0 Å². The van der Waals surface area contributed by atoms with Crippen LogP contribution in [0, 0.1) is 11.2 Å². The number of esters is 1. The van der Waals surface area contributed by atoms with Crippen LogP contribution in [-0.4, -0.2) is 37.1 Å². The fourth-order valence-electron chi connectivity index (χ4n) is 3.43. The molecule has 7 heteroatoms. The van der Waals surface area contributed by atoms with E-state index in [0.29, 0.717) is 18.5 Å². The van der Waals surface area contributed by atoms with E-state index in [1.807, 2.05) is 5.94 Å². The van der Waals surface area contributed by atoms with E-state index in [0.717, 1.165) is 0 Å². The molecule has 6 nitrogen and oxygen atoms in total. The molecule has 2 atom stereocenters. The second-order valence-electron chi connectivity index (χ2n) is 6.11. The highest BCUT2D eigenvalue weighted by atomic mass is 19.1. The summed E-state index contributed by atoms with van der Waals surface area (Å²) in [7, 11) is 0. The first kappa shape index (κ1) is 20.4. The van der Waals surface area contributed by atoms with Crippen LogP contribution in [0.15, 0.2) is 35.6 Å². The Labute approximate surface area is 157 Å². The third kappa shape index (κ3) is 4.11. The van der Waals surface area contributed by atoms with Gasteiger partial charge in [-0.05, 0) is 57.4 Å². The summed E-state index contributed by atoms with van der Waals surface area (Å²) in [6.07, 6.45) is 1.21. The van der Waals surface area contributed by atoms with Gasteiger partial charge in [-0.2, -0.15) is 0 Å². The van der Waals surface area contributed by atoms with Crippen LogP contribution in [0.1, 0.15) is 33.1 Å². The van der Waals surface area contributed by atoms with E-state index in [2.05, 4.69) is 5.32 Å². The van der Waals surface area contributed by atoms with Crippen LogP contribution < -0.4 is 5.32 Å². The van der Waals surface area contributed by atoms with Gasteiger partial charge in [0.05, 0.1) is 13.2 Å². The Balaban J connectivity index is 2.59. The van der Waals surface area contributed by atoms with E-state index in [4.69, 9.17) is 9.47 Å². The number of nitrogens with one attached hydrogen (secondary N) is 1. The zero-order chi connectivity index (χ0) is 19.9. The van der Waals surface area contributed by atoms with Gasteiger partial charge in [-0.25, -0.2) is 14.0 Å². The van der Waals surface area contributed by atoms with Gasteiger partial charge < -0.3 is 14.8 Å². The second kappa shape index (κ2) is 9.17. The summed E-state index contributed by atoms with van der Waals surface area (Å²) in [4.78, 5) is 36.1. The van der Waals surface area contributed by atoms with Crippen LogP contribution in [0.3, 0.4) is 0 Å². The lowest BCUT2D eigenvalue weighted by Crippen LogP contribution is -2.49. The molecule has 144 valence electrons. The molecule has 1 fully saturated rings. The van der Waals surface area contributed by atoms with Gasteiger partial charge in [-0.1, -0.05) is 0 Å². The number of carbonyl (C=O) groups excluding carboxylic acids is 3. The van der Waals surface area contributed by atoms with Crippen molar-refractivity contribution in [3.8, 4) is 0 Å². The zero-order valence-corrected chi connectivity index (χ0v) is 15.3. The average Bonchev–Trinajstić information content (AvgIpc) is 3.11. The fourth-order valence-corrected chi connectivity index (χ4v) is 3.43. The number of carbonyl (C=O) groups is 1. The van der Waals surface area contributed by atoms with Crippen molar-refractivity contribution in [2.45, 2.75) is 39.2 Å². The molecule has 0 bridgehead atoms. The Morgan fingerprint density at radius 3 is 2.44 bits per heavy atom. The number of ether oxygens (including phenoxy) is 2. The van der Waals surface area contributed by atoms with E-state index in [-0.39, 0.29) is 31.0 Å². The molecule has 0 saturated heterocycles. The van der Waals surface area contributed by atoms with Crippen LogP contribution in [0.2, 0.25) is 0 Å². The Bertz CT molecular complexity index is 778. The quantitative estimate of drug-likeness (QED) is 0.427. The lowest BCUT2D eigenvalue weighted by molar-refractivity contribution is -0.153. The van der Waals surface area contributed by atoms with Gasteiger partial charge in [0, 0.05) is 11.3 Å². The predicted molar refractivity (Wildman–Crippen MR) is 96.8 cm³/mol. The van der Waals surface area contributed by atoms with Crippen molar-refractivity contribution >= 4 is 23.5 Å². The molecule has 0 heterocycles. The van der Waals surface area contributed by atoms with E-state index < -0.39 is 23.2 Å². The van der Waals surface area contributed by atoms with Crippen molar-refractivity contribution in [1.29, 1.82) is 0 Å². The van der Waals surface area contributed by atoms with Gasteiger partial charge in [-0.3, -0.25) is 4.79 Å². The molecule has 0 amide bonds. The van der Waals surface area contributed by atoms with Gasteiger partial charge in [0.15, 0.2) is 5.94 Å². The second-order valence-corrected chi connectivity index (χ2v) is 6.11. The summed E-state index contributed by atoms with van der Waals surface area (Å²) in [5, 5.41) is 3.04. The number of hydrogen-bond acceptors (Lipinski definition) is 6. The topological polar surface area (TPSA) is 81.7 Å². The minimum absolute atomic E-state index is 0.116. The first-order chi connectivity index (χ1) is 13.0. The lowest BCUT2D eigenvalue weighted by atomic mass is 9.74. The molecule has 2 rings (SSSR count). The Morgan fingerprint density at radius 1 is 1.22 bits per heavy atom. The van der Waals surface area contributed by atoms with Crippen molar-refractivity contribution in [2.75, 3.05) is 18.5 Å². The van der Waals surface area contributed by atoms with Crippen molar-refractivity contribution in [2.24, 2.45) is 5.41 Å². The SMILES string of the molecule is CCOC(=O)C1(C(Nc2ccc(F)cc2)C(=C=O)OCC)CCCC1=C=O. The van der Waals surface area contributed by atoms with E-state index >= 15 is 0 Å². The highest BCUT2D eigenvalue weighted by Gasteiger charge is 2.56. The fraction of sp³-hybridized carbons (Fsp3) is 0.450. The van der Waals surface area contributed by atoms with Gasteiger partial charge >= 0.3 is 5.97 Å². The minimum atomic E-state index is -1.44. The van der Waals surface area contributed by atoms with Gasteiger partial charge in [-0.15, -0.1) is 0 Å². The predicted octanol–water partition coefficient (Wildman–Crippen LogP) is 2.85. The molecular weight excluding hydrogens is 353 g/mol. The standard InChI is InChI=1S/C20H22FNO5/c1-3-26-17(13-24)18(22-16-9-7-15(21)8-10-16)20(19(25)27-4-2)11-5-6-14(20)12-23/h7-10,18,22H,3-6,11H2,1-2H3. The maximum Gasteiger partial charge on any atom is 0.319 e. The average molecular weight is 375 g/mol. The monoisotopic (exact) mass is 375 g/mol. The molecule has 1 N–H and O–H groups in total. The highest BCUT2D eigenvalue weighted by molar-refractivity contribution is 5.87. The molecule has 1 saturated carbocycles. The van der Waals surface area contributed by atoms with Crippen LogP contribution >= 0.6 is 0 Å². The molecule has 1 aromatic carbocycles. The number of anilines is 1. The molecule has 27 heavy (non-hydrogen) atoms. The minimum Gasteiger partial charge on any atom is -0.485 e. The number of benzene rings is 1. The molecule has 0 aromatic heterocycles. The summed E-state index contributed by atoms with van der Waals surface area (Å²) in [5.41, 5.74) is -0.767. The van der Waals surface area contributed by atoms with Crippen molar-refractivity contribution in [3.63, 3.8) is 0 Å². The zero-order valence-electron chi connectivity index (χ0n) is 15.3. The maximum atomic E-state index is 13.2. The molecule has 1 aliphatic rings. The summed E-state index contributed by atoms with van der Waals surface area (Å²) in [6, 6.07) is 4.39. The normalized spacial score (nSPS) is 19.6. The molecule has 0 aliphatic heterocycles. The van der Waals surface area contributed by atoms with E-state index in [1.165, 1.54) is 24.3 Å². The van der Waals surface area contributed by atoms with Crippen molar-refractivity contribution in [3.05, 3.63) is 41.4 Å². The third-order valence-electron chi connectivity index (χ3n) is 4.61. The van der Waals surface area contributed by atoms with Crippen LogP contribution in [-0.2, 0) is 23.9 Å². The van der Waals surface area contributed by atoms with E-state index in [1.54, 1.807) is 19.8 Å². The summed E-state index contributed by atoms with van der Waals surface area (Å²) in [6.45, 7) is 3.64. The van der Waals surface area contributed by atoms with Gasteiger partial charge in [0.1, 0.15) is 23.2 Å². The smallest absolute Gasteiger partial charge is 0.319 e. The Kier molecular flexibility index (Phi) is 6.94. The van der Waals surface area contributed by atoms with Crippen LogP contribution in [0.4, 0.5) is 10.1 Å². The largest absolute Gasteiger partial charge is 0.485 e. The molecule has 2 unspecified atom stereocenters. The highest BCUT2D eigenvalue weighted by Crippen LogP contribution is 2.48. The molecule has 1 aliphatic carbocycles. The van der Waals surface area contributed by atoms with Crippen LogP contribution in [0.5, 0.6) is 0 Å². The van der Waals surface area contributed by atoms with Crippen LogP contribution in [0.25, 0.3) is 0 Å². The summed E-state index contributed by atoms with van der Waals surface area (Å²) in [5.74, 6) is 2.38. The third-order valence-corrected chi connectivity index (χ3v) is 4.61. The number of hydrogen-bond donors (Lipinski definition) is 1. The van der Waals surface area contributed by atoms with Gasteiger partial charge in [0.2, 0.25) is 5.76 Å². The number of rotatable bonds is 8. The summed E-state index contributed by atoms with van der Waals surface area (Å²) >= 11 is 0. The number of halogens is 1. The first-order valence-corrected chi connectivity index (χ1v) is 8.85. The Hall–Kier alpha value is -2.88. The molecular formula is C20H22FNO5. The molecule has 0 radical (unpaired) electrons. The van der Waals surface area contributed by atoms with Crippen molar-refractivity contribution < 1.29 is 28.2 Å². The van der Waals surface area contributed by atoms with E-state index in [9.17, 15) is 18.8 Å².